The summed E-state index contributed by atoms with van der Waals surface area (Å²) >= 11 is 0. The van der Waals surface area contributed by atoms with Crippen LogP contribution in [0.2, 0.25) is 0 Å². The minimum atomic E-state index is -0.391. The molecule has 9 aromatic rings. The topological polar surface area (TPSA) is 3.24 Å². The molecule has 9 rings (SSSR count). The number of rotatable bonds is 7. The maximum Gasteiger partial charge on any atom is 0.0645 e. The lowest BCUT2D eigenvalue weighted by molar-refractivity contribution is 1.30. The molecule has 240 valence electrons. The molecule has 0 amide bonds. The van der Waals surface area contributed by atoms with Gasteiger partial charge in [-0.05, 0) is 97.0 Å². The molecule has 0 aliphatic rings. The Morgan fingerprint density at radius 3 is 1.49 bits per heavy atom. The predicted octanol–water partition coefficient (Wildman–Crippen LogP) is 14.1. The van der Waals surface area contributed by atoms with E-state index in [-0.39, 0.29) is 58.8 Å². The van der Waals surface area contributed by atoms with Crippen molar-refractivity contribution in [2.45, 2.75) is 0 Å². The van der Waals surface area contributed by atoms with E-state index in [1.54, 1.807) is 18.2 Å². The Labute approximate surface area is 310 Å². The summed E-state index contributed by atoms with van der Waals surface area (Å²) in [4.78, 5) is 1.38. The fourth-order valence-electron chi connectivity index (χ4n) is 6.74. The van der Waals surface area contributed by atoms with E-state index < -0.39 is 12.1 Å². The molecule has 0 fully saturated rings. The lowest BCUT2D eigenvalue weighted by Crippen LogP contribution is -2.10. The number of nitrogens with zero attached hydrogens (tertiary/aromatic N) is 1. The Morgan fingerprint density at radius 1 is 0.314 bits per heavy atom. The first-order valence-electron chi connectivity index (χ1n) is 20.9. The van der Waals surface area contributed by atoms with Gasteiger partial charge < -0.3 is 4.90 Å². The van der Waals surface area contributed by atoms with Gasteiger partial charge >= 0.3 is 0 Å². The quantitative estimate of drug-likeness (QED) is 0.165. The summed E-state index contributed by atoms with van der Waals surface area (Å²) in [6.45, 7) is 0. The fraction of sp³-hybridized carbons (Fsp3) is 0. The zero-order chi connectivity index (χ0) is 40.9. The van der Waals surface area contributed by atoms with Crippen molar-refractivity contribution < 1.29 is 11.0 Å². The van der Waals surface area contributed by atoms with Crippen molar-refractivity contribution in [2.24, 2.45) is 0 Å². The SMILES string of the molecule is [2H]c1c([2H])c(N(c2c([2H])c([2H])c(-c3cccc4ccccc34)c([2H])c2[2H])c2cccc3ccccc23)c([2H])c([2H])c1-c1ccc(-c2ccccc2)c(-c2ccccc2)c1. The average molecular weight is 658 g/mol. The third-order valence-corrected chi connectivity index (χ3v) is 9.22. The van der Waals surface area contributed by atoms with Gasteiger partial charge in [-0.1, -0.05) is 176 Å². The number of hydrogen-bond donors (Lipinski definition) is 0. The largest absolute Gasteiger partial charge is 0.310 e. The van der Waals surface area contributed by atoms with Crippen LogP contribution >= 0.6 is 0 Å². The van der Waals surface area contributed by atoms with E-state index in [1.165, 1.54) is 4.90 Å². The van der Waals surface area contributed by atoms with Gasteiger partial charge in [0.1, 0.15) is 0 Å². The van der Waals surface area contributed by atoms with Gasteiger partial charge in [0.2, 0.25) is 0 Å². The Bertz CT molecular complexity index is 3020. The number of hydrogen-bond acceptors (Lipinski definition) is 1. The number of benzene rings is 9. The molecular weight excluding hydrogens is 615 g/mol. The third kappa shape index (κ3) is 5.86. The molecule has 1 heteroatoms. The second-order valence-corrected chi connectivity index (χ2v) is 12.3. The first-order valence-corrected chi connectivity index (χ1v) is 16.9. The highest BCUT2D eigenvalue weighted by atomic mass is 15.1. The zero-order valence-electron chi connectivity index (χ0n) is 35.5. The Kier molecular flexibility index (Phi) is 5.96. The monoisotopic (exact) mass is 657 g/mol. The first kappa shape index (κ1) is 22.8. The fourth-order valence-corrected chi connectivity index (χ4v) is 6.74. The molecule has 0 N–H and O–H groups in total. The highest BCUT2D eigenvalue weighted by Crippen LogP contribution is 2.41. The highest BCUT2D eigenvalue weighted by Gasteiger charge is 2.17. The molecule has 0 heterocycles. The van der Waals surface area contributed by atoms with Crippen LogP contribution in [0.5, 0.6) is 0 Å². The first-order chi connectivity index (χ1) is 28.7. The van der Waals surface area contributed by atoms with E-state index in [9.17, 15) is 11.0 Å². The van der Waals surface area contributed by atoms with Crippen molar-refractivity contribution in [2.75, 3.05) is 4.90 Å². The minimum Gasteiger partial charge on any atom is -0.310 e. The molecule has 0 bridgehead atoms. The van der Waals surface area contributed by atoms with Crippen LogP contribution in [0, 0.1) is 0 Å². The molecular formula is C50H35N. The van der Waals surface area contributed by atoms with E-state index >= 15 is 0 Å². The summed E-state index contributed by atoms with van der Waals surface area (Å²) < 4.78 is 76.1. The molecule has 0 aromatic heterocycles. The van der Waals surface area contributed by atoms with Crippen molar-refractivity contribution >= 4 is 38.6 Å². The van der Waals surface area contributed by atoms with E-state index in [0.717, 1.165) is 38.4 Å². The Balaban J connectivity index is 1.30. The van der Waals surface area contributed by atoms with Crippen LogP contribution in [0.1, 0.15) is 11.0 Å². The molecule has 0 saturated carbocycles. The normalized spacial score (nSPS) is 13.3. The zero-order valence-corrected chi connectivity index (χ0v) is 27.5. The maximum absolute atomic E-state index is 9.62. The van der Waals surface area contributed by atoms with Gasteiger partial charge in [0, 0.05) is 16.8 Å². The lowest BCUT2D eigenvalue weighted by Gasteiger charge is -2.27. The Hall–Kier alpha value is -6.70. The summed E-state index contributed by atoms with van der Waals surface area (Å²) in [6, 6.07) is 48.7. The van der Waals surface area contributed by atoms with Crippen molar-refractivity contribution in [1.29, 1.82) is 0 Å². The van der Waals surface area contributed by atoms with Gasteiger partial charge in [0.25, 0.3) is 0 Å². The van der Waals surface area contributed by atoms with Crippen molar-refractivity contribution in [3.05, 3.63) is 212 Å². The van der Waals surface area contributed by atoms with E-state index in [2.05, 4.69) is 0 Å². The van der Waals surface area contributed by atoms with Crippen molar-refractivity contribution in [1.82, 2.24) is 0 Å². The van der Waals surface area contributed by atoms with Gasteiger partial charge in [0.15, 0.2) is 0 Å². The van der Waals surface area contributed by atoms with Crippen LogP contribution in [0.25, 0.3) is 66.1 Å². The highest BCUT2D eigenvalue weighted by molar-refractivity contribution is 6.00. The minimum absolute atomic E-state index is 0.101. The standard InChI is InChI=1S/C50H35N/c1-3-13-37(14-4-1)47-34-29-42(35-49(47)40-15-5-2-6-16-40)36-25-30-43(31-26-36)51(50-24-12-20-39-18-8-10-22-48(39)50)44-32-27-41(28-33-44)46-23-11-19-38-17-7-9-21-45(38)46/h1-35H/i25D,26D,27D,28D,30D,31D,32D,33D. The lowest BCUT2D eigenvalue weighted by atomic mass is 9.91. The van der Waals surface area contributed by atoms with Crippen LogP contribution in [0.4, 0.5) is 17.1 Å². The molecule has 1 nitrogen and oxygen atoms in total. The molecule has 0 aliphatic carbocycles. The van der Waals surface area contributed by atoms with Gasteiger partial charge in [-0.3, -0.25) is 0 Å². The van der Waals surface area contributed by atoms with Gasteiger partial charge in [-0.2, -0.15) is 0 Å². The number of fused-ring (bicyclic) bond motifs is 2. The molecule has 0 saturated heterocycles. The Morgan fingerprint density at radius 2 is 0.824 bits per heavy atom. The molecule has 0 radical (unpaired) electrons. The van der Waals surface area contributed by atoms with Crippen LogP contribution in [0.3, 0.4) is 0 Å². The molecule has 0 atom stereocenters. The van der Waals surface area contributed by atoms with Crippen LogP contribution < -0.4 is 4.90 Å². The van der Waals surface area contributed by atoms with Crippen molar-refractivity contribution in [3.8, 4) is 44.5 Å². The van der Waals surface area contributed by atoms with E-state index in [4.69, 9.17) is 0 Å². The average Bonchev–Trinajstić information content (AvgIpc) is 3.28. The summed E-state index contributed by atoms with van der Waals surface area (Å²) in [5, 5.41) is 3.13. The molecule has 51 heavy (non-hydrogen) atoms. The summed E-state index contributed by atoms with van der Waals surface area (Å²) in [5.41, 5.74) is 5.00. The molecule has 0 aliphatic heterocycles. The second kappa shape index (κ2) is 13.3. The molecule has 0 spiro atoms. The van der Waals surface area contributed by atoms with E-state index in [1.807, 2.05) is 146 Å². The van der Waals surface area contributed by atoms with Crippen molar-refractivity contribution in [3.63, 3.8) is 0 Å². The number of anilines is 3. The van der Waals surface area contributed by atoms with Crippen LogP contribution in [-0.4, -0.2) is 0 Å². The van der Waals surface area contributed by atoms with Crippen LogP contribution in [-0.2, 0) is 0 Å². The summed E-state index contributed by atoms with van der Waals surface area (Å²) in [6.07, 6.45) is 0. The molecule has 9 aromatic carbocycles. The van der Waals surface area contributed by atoms with Gasteiger partial charge in [0.05, 0.1) is 16.7 Å². The second-order valence-electron chi connectivity index (χ2n) is 12.3. The smallest absolute Gasteiger partial charge is 0.0645 e. The van der Waals surface area contributed by atoms with Gasteiger partial charge in [-0.25, -0.2) is 0 Å². The van der Waals surface area contributed by atoms with E-state index in [0.29, 0.717) is 22.2 Å². The summed E-state index contributed by atoms with van der Waals surface area (Å²) in [5.74, 6) is 0. The maximum atomic E-state index is 9.62. The summed E-state index contributed by atoms with van der Waals surface area (Å²) in [7, 11) is 0. The van der Waals surface area contributed by atoms with Crippen LogP contribution in [0.15, 0.2) is 212 Å². The molecule has 0 unspecified atom stereocenters. The van der Waals surface area contributed by atoms with Gasteiger partial charge in [-0.15, -0.1) is 0 Å². The predicted molar refractivity (Wildman–Crippen MR) is 218 cm³/mol. The third-order valence-electron chi connectivity index (χ3n) is 9.22.